The second kappa shape index (κ2) is 4.00. The number of hydrogen-bond donors (Lipinski definition) is 0. The second-order valence-corrected chi connectivity index (χ2v) is 4.02. The maximum absolute atomic E-state index is 11.1. The normalized spacial score (nSPS) is 9.77. The number of carbonyl (C=O) groups is 2. The number of rotatable bonds is 2. The van der Waals surface area contributed by atoms with Crippen LogP contribution in [0.2, 0.25) is 0 Å². The fourth-order valence-corrected chi connectivity index (χ4v) is 1.59. The number of ketones is 1. The highest BCUT2D eigenvalue weighted by Gasteiger charge is 2.08. The van der Waals surface area contributed by atoms with Crippen molar-refractivity contribution in [3.63, 3.8) is 0 Å². The van der Waals surface area contributed by atoms with Gasteiger partial charge in [0, 0.05) is 14.7 Å². The van der Waals surface area contributed by atoms with Gasteiger partial charge in [-0.15, -0.1) is 0 Å². The van der Waals surface area contributed by atoms with Crippen LogP contribution in [0.15, 0.2) is 12.1 Å². The highest BCUT2D eigenvalue weighted by molar-refractivity contribution is 14.1. The first kappa shape index (κ1) is 10.4. The molecule has 0 saturated heterocycles. The van der Waals surface area contributed by atoms with Gasteiger partial charge in [-0.25, -0.2) is 0 Å². The molecule has 0 atom stereocenters. The lowest BCUT2D eigenvalue weighted by atomic mass is 10.0. The van der Waals surface area contributed by atoms with Gasteiger partial charge in [-0.05, 0) is 54.1 Å². The summed E-state index contributed by atoms with van der Waals surface area (Å²) in [5.74, 6) is -0.0680. The van der Waals surface area contributed by atoms with E-state index in [1.807, 2.05) is 6.92 Å². The first-order chi connectivity index (χ1) is 6.06. The van der Waals surface area contributed by atoms with E-state index in [0.717, 1.165) is 15.4 Å². The van der Waals surface area contributed by atoms with E-state index in [1.165, 1.54) is 6.92 Å². The molecule has 0 heterocycles. The Morgan fingerprint density at radius 3 is 2.54 bits per heavy atom. The van der Waals surface area contributed by atoms with Gasteiger partial charge in [0.2, 0.25) is 0 Å². The Morgan fingerprint density at radius 1 is 1.46 bits per heavy atom. The molecule has 0 aliphatic heterocycles. The fraction of sp³-hybridized carbons (Fsp3) is 0.200. The third-order valence-electron chi connectivity index (χ3n) is 1.84. The van der Waals surface area contributed by atoms with E-state index < -0.39 is 0 Å². The van der Waals surface area contributed by atoms with Crippen LogP contribution in [0.1, 0.15) is 33.2 Å². The molecule has 0 radical (unpaired) electrons. The van der Waals surface area contributed by atoms with Crippen LogP contribution in [0, 0.1) is 10.5 Å². The van der Waals surface area contributed by atoms with Crippen LogP contribution >= 0.6 is 22.6 Å². The van der Waals surface area contributed by atoms with Crippen molar-refractivity contribution in [3.8, 4) is 0 Å². The zero-order chi connectivity index (χ0) is 10.0. The van der Waals surface area contributed by atoms with E-state index >= 15 is 0 Å². The highest BCUT2D eigenvalue weighted by Crippen LogP contribution is 2.17. The molecule has 2 nitrogen and oxygen atoms in total. The minimum absolute atomic E-state index is 0.0680. The van der Waals surface area contributed by atoms with E-state index in [4.69, 9.17) is 0 Å². The van der Waals surface area contributed by atoms with Crippen LogP contribution in [0.25, 0.3) is 0 Å². The SMILES string of the molecule is CC(=O)c1cc(C)c(I)cc1C=O. The van der Waals surface area contributed by atoms with Crippen LogP contribution in [0.4, 0.5) is 0 Å². The Labute approximate surface area is 90.5 Å². The summed E-state index contributed by atoms with van der Waals surface area (Å²) in [6.45, 7) is 3.39. The van der Waals surface area contributed by atoms with Crippen molar-refractivity contribution in [2.45, 2.75) is 13.8 Å². The maximum Gasteiger partial charge on any atom is 0.160 e. The minimum Gasteiger partial charge on any atom is -0.298 e. The predicted molar refractivity (Wildman–Crippen MR) is 59.3 cm³/mol. The molecule has 0 aliphatic carbocycles. The summed E-state index contributed by atoms with van der Waals surface area (Å²) < 4.78 is 1.00. The van der Waals surface area contributed by atoms with Gasteiger partial charge in [-0.2, -0.15) is 0 Å². The van der Waals surface area contributed by atoms with Gasteiger partial charge in [-0.1, -0.05) is 0 Å². The van der Waals surface area contributed by atoms with E-state index in [1.54, 1.807) is 12.1 Å². The van der Waals surface area contributed by atoms with E-state index in [0.29, 0.717) is 11.1 Å². The molecule has 0 saturated carbocycles. The summed E-state index contributed by atoms with van der Waals surface area (Å²) in [6.07, 6.45) is 0.721. The van der Waals surface area contributed by atoms with E-state index in [2.05, 4.69) is 22.6 Å². The van der Waals surface area contributed by atoms with Gasteiger partial charge in [0.25, 0.3) is 0 Å². The molecule has 1 rings (SSSR count). The molecule has 1 aromatic rings. The summed E-state index contributed by atoms with van der Waals surface area (Å²) in [7, 11) is 0. The molecule has 0 spiro atoms. The van der Waals surface area contributed by atoms with Crippen LogP contribution in [-0.2, 0) is 0 Å². The van der Waals surface area contributed by atoms with Crippen LogP contribution < -0.4 is 0 Å². The summed E-state index contributed by atoms with van der Waals surface area (Å²) >= 11 is 2.14. The molecule has 1 aromatic carbocycles. The third kappa shape index (κ3) is 2.15. The van der Waals surface area contributed by atoms with Crippen molar-refractivity contribution in [1.82, 2.24) is 0 Å². The fourth-order valence-electron chi connectivity index (χ4n) is 1.10. The summed E-state index contributed by atoms with van der Waals surface area (Å²) in [5.41, 5.74) is 2.01. The van der Waals surface area contributed by atoms with Gasteiger partial charge < -0.3 is 0 Å². The first-order valence-corrected chi connectivity index (χ1v) is 4.90. The Hall–Kier alpha value is -0.710. The van der Waals surface area contributed by atoms with Crippen molar-refractivity contribution in [1.29, 1.82) is 0 Å². The van der Waals surface area contributed by atoms with Crippen molar-refractivity contribution < 1.29 is 9.59 Å². The second-order valence-electron chi connectivity index (χ2n) is 2.86. The molecule has 13 heavy (non-hydrogen) atoms. The topological polar surface area (TPSA) is 34.1 Å². The van der Waals surface area contributed by atoms with Crippen molar-refractivity contribution in [2.24, 2.45) is 0 Å². The zero-order valence-corrected chi connectivity index (χ0v) is 9.58. The molecule has 0 bridgehead atoms. The molecule has 0 unspecified atom stereocenters. The zero-order valence-electron chi connectivity index (χ0n) is 7.43. The van der Waals surface area contributed by atoms with Crippen molar-refractivity contribution >= 4 is 34.7 Å². The average Bonchev–Trinajstić information content (AvgIpc) is 2.08. The lowest BCUT2D eigenvalue weighted by Gasteiger charge is -2.04. The first-order valence-electron chi connectivity index (χ1n) is 3.82. The lowest BCUT2D eigenvalue weighted by molar-refractivity contribution is 0.100. The van der Waals surface area contributed by atoms with E-state index in [9.17, 15) is 9.59 Å². The standard InChI is InChI=1S/C10H9IO2/c1-6-3-9(7(2)13)8(5-12)4-10(6)11/h3-5H,1-2H3. The van der Waals surface area contributed by atoms with Crippen molar-refractivity contribution in [3.05, 3.63) is 32.4 Å². The van der Waals surface area contributed by atoms with Gasteiger partial charge in [0.1, 0.15) is 0 Å². The van der Waals surface area contributed by atoms with Crippen LogP contribution in [-0.4, -0.2) is 12.1 Å². The summed E-state index contributed by atoms with van der Waals surface area (Å²) in [4.78, 5) is 21.8. The molecular formula is C10H9IO2. The predicted octanol–water partition coefficient (Wildman–Crippen LogP) is 2.61. The molecule has 0 aromatic heterocycles. The molecule has 0 fully saturated rings. The molecule has 0 aliphatic rings. The maximum atomic E-state index is 11.1. The van der Waals surface area contributed by atoms with Crippen LogP contribution in [0.5, 0.6) is 0 Å². The highest BCUT2D eigenvalue weighted by atomic mass is 127. The molecule has 0 N–H and O–H groups in total. The Bertz CT molecular complexity index is 369. The number of carbonyl (C=O) groups excluding carboxylic acids is 2. The van der Waals surface area contributed by atoms with Gasteiger partial charge >= 0.3 is 0 Å². The largest absolute Gasteiger partial charge is 0.298 e. The van der Waals surface area contributed by atoms with Crippen molar-refractivity contribution in [2.75, 3.05) is 0 Å². The Kier molecular flexibility index (Phi) is 3.19. The average molecular weight is 288 g/mol. The molecular weight excluding hydrogens is 279 g/mol. The smallest absolute Gasteiger partial charge is 0.160 e. The Morgan fingerprint density at radius 2 is 2.08 bits per heavy atom. The summed E-state index contributed by atoms with van der Waals surface area (Å²) in [6, 6.07) is 3.49. The van der Waals surface area contributed by atoms with Gasteiger partial charge in [-0.3, -0.25) is 9.59 Å². The van der Waals surface area contributed by atoms with Gasteiger partial charge in [0.15, 0.2) is 12.1 Å². The number of aldehydes is 1. The number of hydrogen-bond acceptors (Lipinski definition) is 2. The van der Waals surface area contributed by atoms with E-state index in [-0.39, 0.29) is 5.78 Å². The van der Waals surface area contributed by atoms with Crippen LogP contribution in [0.3, 0.4) is 0 Å². The molecule has 0 amide bonds. The molecule has 68 valence electrons. The third-order valence-corrected chi connectivity index (χ3v) is 3.00. The Balaban J connectivity index is 3.41. The van der Waals surface area contributed by atoms with Gasteiger partial charge in [0.05, 0.1) is 0 Å². The minimum atomic E-state index is -0.0680. The quantitative estimate of drug-likeness (QED) is 0.476. The number of Topliss-reactive ketones (excluding diaryl/α,β-unsaturated/α-hetero) is 1. The molecule has 3 heteroatoms. The monoisotopic (exact) mass is 288 g/mol. The lowest BCUT2D eigenvalue weighted by Crippen LogP contribution is -2.00. The number of benzene rings is 1. The number of aryl methyl sites for hydroxylation is 1. The number of halogens is 1. The summed E-state index contributed by atoms with van der Waals surface area (Å²) in [5, 5.41) is 0.